The normalized spacial score (nSPS) is 20.9. The van der Waals surface area contributed by atoms with Crippen molar-refractivity contribution < 1.29 is 18.8 Å². The Morgan fingerprint density at radius 3 is 1.93 bits per heavy atom. The van der Waals surface area contributed by atoms with Crippen molar-refractivity contribution in [1.82, 2.24) is 0 Å². The summed E-state index contributed by atoms with van der Waals surface area (Å²) in [4.78, 5) is 26.7. The van der Waals surface area contributed by atoms with Crippen LogP contribution in [0.15, 0.2) is 91.0 Å². The summed E-state index contributed by atoms with van der Waals surface area (Å²) < 4.78 is 13.0. The van der Waals surface area contributed by atoms with E-state index in [0.29, 0.717) is 25.4 Å². The third kappa shape index (κ3) is 7.81. The number of hydrogen-bond acceptors (Lipinski definition) is 4. The fraction of sp³-hybridized carbons (Fsp3) is 0.474. The summed E-state index contributed by atoms with van der Waals surface area (Å²) in [5, 5.41) is 2.42. The smallest absolute Gasteiger partial charge is 0.261 e. The quantitative estimate of drug-likeness (QED) is 0.195. The number of carbonyl (C=O) groups is 2. The largest absolute Gasteiger partial charge is 0.407 e. The van der Waals surface area contributed by atoms with Gasteiger partial charge in [-0.3, -0.25) is 9.59 Å². The van der Waals surface area contributed by atoms with Crippen LogP contribution in [-0.2, 0) is 25.4 Å². The second-order valence-electron chi connectivity index (χ2n) is 13.7. The molecule has 1 aliphatic rings. The second kappa shape index (κ2) is 14.7. The van der Waals surface area contributed by atoms with Gasteiger partial charge in [-0.2, -0.15) is 0 Å². The minimum Gasteiger partial charge on any atom is -0.407 e. The van der Waals surface area contributed by atoms with Gasteiger partial charge in [-0.05, 0) is 52.1 Å². The highest BCUT2D eigenvalue weighted by molar-refractivity contribution is 6.99. The predicted molar refractivity (Wildman–Crippen MR) is 178 cm³/mol. The first-order valence-electron chi connectivity index (χ1n) is 16.0. The molecule has 0 heterocycles. The topological polar surface area (TPSA) is 52.6 Å². The molecule has 0 spiro atoms. The summed E-state index contributed by atoms with van der Waals surface area (Å²) >= 11 is 0. The molecule has 1 saturated carbocycles. The molecule has 230 valence electrons. The summed E-state index contributed by atoms with van der Waals surface area (Å²) in [6.45, 7) is 14.2. The van der Waals surface area contributed by atoms with Crippen molar-refractivity contribution in [2.24, 2.45) is 29.6 Å². The van der Waals surface area contributed by atoms with Crippen LogP contribution in [0.3, 0.4) is 0 Å². The lowest BCUT2D eigenvalue weighted by Gasteiger charge is -2.45. The van der Waals surface area contributed by atoms with Crippen molar-refractivity contribution in [2.75, 3.05) is 13.2 Å². The maximum atomic E-state index is 13.6. The molecule has 5 atom stereocenters. The van der Waals surface area contributed by atoms with E-state index >= 15 is 0 Å². The first-order chi connectivity index (χ1) is 20.5. The molecule has 5 heteroatoms. The standard InChI is InChI=1S/C38H50O4Si/c1-28-22-23-34(35(37(28)40)24-29(2)36(39)27-41-26-31-16-10-7-11-17-31)30(3)25-42-43(38(4,5)6,32-18-12-8-13-19-32)33-20-14-9-15-21-33/h7-21,28-30,34-35H,22-27H2,1-6H3/t28-,29?,30-,34+,35-/m0/s1. The number of Topliss-reactive ketones (excluding diaryl/α,β-unsaturated/α-hetero) is 2. The van der Waals surface area contributed by atoms with Gasteiger partial charge >= 0.3 is 0 Å². The number of benzene rings is 3. The van der Waals surface area contributed by atoms with Gasteiger partial charge in [-0.15, -0.1) is 0 Å². The van der Waals surface area contributed by atoms with E-state index in [4.69, 9.17) is 9.16 Å². The molecule has 0 saturated heterocycles. The monoisotopic (exact) mass is 598 g/mol. The zero-order valence-corrected chi connectivity index (χ0v) is 27.9. The van der Waals surface area contributed by atoms with E-state index in [9.17, 15) is 9.59 Å². The SMILES string of the molecule is CC(C[C@@H]1C(=O)[C@@H](C)CC[C@@H]1[C@@H](C)CO[Si](c1ccccc1)(c1ccccc1)C(C)(C)C)C(=O)COCc1ccccc1. The van der Waals surface area contributed by atoms with Crippen molar-refractivity contribution in [2.45, 2.75) is 72.5 Å². The van der Waals surface area contributed by atoms with Crippen LogP contribution < -0.4 is 10.4 Å². The van der Waals surface area contributed by atoms with Gasteiger partial charge < -0.3 is 9.16 Å². The predicted octanol–water partition coefficient (Wildman–Crippen LogP) is 7.24. The number of carbonyl (C=O) groups excluding carboxylic acids is 2. The maximum absolute atomic E-state index is 13.6. The van der Waals surface area contributed by atoms with E-state index in [-0.39, 0.29) is 47.0 Å². The minimum absolute atomic E-state index is 0.0303. The second-order valence-corrected chi connectivity index (χ2v) is 18.0. The molecule has 1 unspecified atom stereocenters. The van der Waals surface area contributed by atoms with Crippen LogP contribution in [0.4, 0.5) is 0 Å². The zero-order valence-electron chi connectivity index (χ0n) is 26.9. The van der Waals surface area contributed by atoms with Crippen molar-refractivity contribution in [3.8, 4) is 0 Å². The molecule has 0 N–H and O–H groups in total. The van der Waals surface area contributed by atoms with E-state index < -0.39 is 8.32 Å². The Morgan fingerprint density at radius 2 is 1.40 bits per heavy atom. The summed E-state index contributed by atoms with van der Waals surface area (Å²) in [5.41, 5.74) is 1.05. The molecular weight excluding hydrogens is 549 g/mol. The van der Waals surface area contributed by atoms with Crippen molar-refractivity contribution in [3.05, 3.63) is 96.6 Å². The van der Waals surface area contributed by atoms with Gasteiger partial charge in [0.15, 0.2) is 5.78 Å². The Morgan fingerprint density at radius 1 is 0.860 bits per heavy atom. The molecule has 1 fully saturated rings. The number of rotatable bonds is 13. The molecule has 3 aromatic rings. The van der Waals surface area contributed by atoms with Crippen LogP contribution >= 0.6 is 0 Å². The van der Waals surface area contributed by atoms with Crippen LogP contribution in [0.5, 0.6) is 0 Å². The Kier molecular flexibility index (Phi) is 11.3. The Labute approximate surface area is 260 Å². The third-order valence-electron chi connectivity index (χ3n) is 9.52. The van der Waals surface area contributed by atoms with E-state index in [2.05, 4.69) is 88.4 Å². The average molecular weight is 599 g/mol. The van der Waals surface area contributed by atoms with Crippen LogP contribution in [0.1, 0.15) is 66.4 Å². The lowest BCUT2D eigenvalue weighted by molar-refractivity contribution is -0.135. The van der Waals surface area contributed by atoms with Gasteiger partial charge in [0.2, 0.25) is 0 Å². The van der Waals surface area contributed by atoms with Gasteiger partial charge in [0.1, 0.15) is 12.4 Å². The number of ether oxygens (including phenoxy) is 1. The van der Waals surface area contributed by atoms with E-state index in [1.54, 1.807) is 0 Å². The first-order valence-corrected chi connectivity index (χ1v) is 17.9. The first kappa shape index (κ1) is 33.0. The molecule has 0 amide bonds. The lowest BCUT2D eigenvalue weighted by Crippen LogP contribution is -2.67. The molecule has 43 heavy (non-hydrogen) atoms. The van der Waals surface area contributed by atoms with Crippen LogP contribution in [0, 0.1) is 29.6 Å². The Hall–Kier alpha value is -2.86. The minimum atomic E-state index is -2.68. The molecule has 0 bridgehead atoms. The molecule has 1 aliphatic carbocycles. The van der Waals surface area contributed by atoms with Crippen LogP contribution in [-0.4, -0.2) is 33.1 Å². The fourth-order valence-electron chi connectivity index (χ4n) is 6.97. The van der Waals surface area contributed by atoms with Gasteiger partial charge in [0.25, 0.3) is 8.32 Å². The molecule has 0 aliphatic heterocycles. The molecule has 4 rings (SSSR count). The van der Waals surface area contributed by atoms with E-state index in [1.165, 1.54) is 10.4 Å². The van der Waals surface area contributed by atoms with Crippen LogP contribution in [0.25, 0.3) is 0 Å². The fourth-order valence-corrected chi connectivity index (χ4v) is 11.6. The maximum Gasteiger partial charge on any atom is 0.261 e. The summed E-state index contributed by atoms with van der Waals surface area (Å²) in [6, 6.07) is 31.3. The van der Waals surface area contributed by atoms with Crippen molar-refractivity contribution >= 4 is 30.3 Å². The molecule has 4 nitrogen and oxygen atoms in total. The van der Waals surface area contributed by atoms with Crippen LogP contribution in [0.2, 0.25) is 5.04 Å². The van der Waals surface area contributed by atoms with Gasteiger partial charge in [-0.1, -0.05) is 133 Å². The van der Waals surface area contributed by atoms with Crippen molar-refractivity contribution in [1.29, 1.82) is 0 Å². The van der Waals surface area contributed by atoms with Gasteiger partial charge in [0, 0.05) is 24.4 Å². The summed E-state index contributed by atoms with van der Waals surface area (Å²) in [6.07, 6.45) is 2.45. The lowest BCUT2D eigenvalue weighted by atomic mass is 9.66. The highest BCUT2D eigenvalue weighted by atomic mass is 28.4. The molecule has 0 radical (unpaired) electrons. The average Bonchev–Trinajstić information content (AvgIpc) is 3.00. The van der Waals surface area contributed by atoms with Crippen molar-refractivity contribution in [3.63, 3.8) is 0 Å². The van der Waals surface area contributed by atoms with Gasteiger partial charge in [0.05, 0.1) is 6.61 Å². The van der Waals surface area contributed by atoms with Gasteiger partial charge in [-0.25, -0.2) is 0 Å². The highest BCUT2D eigenvalue weighted by Crippen LogP contribution is 2.41. The van der Waals surface area contributed by atoms with E-state index in [0.717, 1.165) is 18.4 Å². The van der Waals surface area contributed by atoms with E-state index in [1.807, 2.05) is 44.2 Å². The molecular formula is C38H50O4Si. The molecule has 3 aromatic carbocycles. The Bertz CT molecular complexity index is 1260. The Balaban J connectivity index is 1.50. The highest BCUT2D eigenvalue weighted by Gasteiger charge is 2.51. The third-order valence-corrected chi connectivity index (χ3v) is 14.5. The summed E-state index contributed by atoms with van der Waals surface area (Å²) in [5.74, 6) is 0.386. The zero-order chi connectivity index (χ0) is 31.0. The molecule has 0 aromatic heterocycles. The number of hydrogen-bond donors (Lipinski definition) is 0. The number of ketones is 2. The summed E-state index contributed by atoms with van der Waals surface area (Å²) in [7, 11) is -2.68.